The Morgan fingerprint density at radius 3 is 2.53 bits per heavy atom. The lowest BCUT2D eigenvalue weighted by Gasteiger charge is -2.27. The number of hydrogen-bond acceptors (Lipinski definition) is 2. The Kier molecular flexibility index (Phi) is 4.42. The zero-order valence-electron chi connectivity index (χ0n) is 10.0. The van der Waals surface area contributed by atoms with E-state index in [1.165, 1.54) is 6.42 Å². The largest absolute Gasteiger partial charge is 0.343 e. The molecule has 2 amide bonds. The number of alkyl halides is 1. The van der Waals surface area contributed by atoms with Gasteiger partial charge in [-0.3, -0.25) is 9.59 Å². The fraction of sp³-hybridized carbons (Fsp3) is 0.833. The number of hydrogen-bond donors (Lipinski definition) is 0. The highest BCUT2D eigenvalue weighted by molar-refractivity contribution is 9.10. The average Bonchev–Trinajstić information content (AvgIpc) is 2.68. The van der Waals surface area contributed by atoms with Gasteiger partial charge in [0.1, 0.15) is 0 Å². The summed E-state index contributed by atoms with van der Waals surface area (Å²) < 4.78 is 0. The van der Waals surface area contributed by atoms with E-state index in [0.717, 1.165) is 38.9 Å². The molecule has 0 bridgehead atoms. The minimum Gasteiger partial charge on any atom is -0.343 e. The molecule has 0 aromatic carbocycles. The first-order chi connectivity index (χ1) is 8.18. The normalized spacial score (nSPS) is 25.5. The van der Waals surface area contributed by atoms with Gasteiger partial charge in [0.2, 0.25) is 11.8 Å². The summed E-state index contributed by atoms with van der Waals surface area (Å²) in [4.78, 5) is 27.3. The van der Waals surface area contributed by atoms with Crippen molar-refractivity contribution in [2.24, 2.45) is 0 Å². The molecule has 0 spiro atoms. The van der Waals surface area contributed by atoms with Crippen molar-refractivity contribution in [3.63, 3.8) is 0 Å². The maximum Gasteiger partial charge on any atom is 0.236 e. The third-order valence-electron chi connectivity index (χ3n) is 3.54. The molecule has 2 saturated heterocycles. The molecular weight excluding hydrogens is 284 g/mol. The van der Waals surface area contributed by atoms with Crippen LogP contribution in [0.4, 0.5) is 0 Å². The van der Waals surface area contributed by atoms with Crippen LogP contribution in [-0.4, -0.2) is 52.6 Å². The number of likely N-dealkylation sites (tertiary alicyclic amines) is 2. The first-order valence-electron chi connectivity index (χ1n) is 6.39. The third-order valence-corrected chi connectivity index (χ3v) is 4.39. The number of piperidine rings is 1. The lowest BCUT2D eigenvalue weighted by molar-refractivity contribution is -0.133. The number of amides is 2. The fourth-order valence-electron chi connectivity index (χ4n) is 2.45. The summed E-state index contributed by atoms with van der Waals surface area (Å²) in [5.74, 6) is 0.340. The highest BCUT2D eigenvalue weighted by Gasteiger charge is 2.29. The molecular formula is C12H19BrN2O2. The summed E-state index contributed by atoms with van der Waals surface area (Å²) in [6.07, 6.45) is 4.82. The van der Waals surface area contributed by atoms with Crippen molar-refractivity contribution in [1.82, 2.24) is 9.80 Å². The number of carbonyl (C=O) groups excluding carboxylic acids is 2. The molecule has 5 heteroatoms. The second-order valence-corrected chi connectivity index (χ2v) is 5.88. The molecule has 2 fully saturated rings. The zero-order chi connectivity index (χ0) is 12.3. The van der Waals surface area contributed by atoms with Gasteiger partial charge in [0, 0.05) is 32.6 Å². The number of nitrogens with zero attached hydrogens (tertiary/aromatic N) is 2. The lowest BCUT2D eigenvalue weighted by atomic mass is 10.1. The summed E-state index contributed by atoms with van der Waals surface area (Å²) in [5, 5.41) is 0. The van der Waals surface area contributed by atoms with E-state index in [1.54, 1.807) is 4.90 Å². The van der Waals surface area contributed by atoms with E-state index in [0.29, 0.717) is 13.0 Å². The van der Waals surface area contributed by atoms with Gasteiger partial charge < -0.3 is 9.80 Å². The topological polar surface area (TPSA) is 40.6 Å². The summed E-state index contributed by atoms with van der Waals surface area (Å²) in [5.41, 5.74) is 0. The summed E-state index contributed by atoms with van der Waals surface area (Å²) in [6.45, 7) is 3.15. The zero-order valence-corrected chi connectivity index (χ0v) is 11.6. The fourth-order valence-corrected chi connectivity index (χ4v) is 2.95. The second-order valence-electron chi connectivity index (χ2n) is 4.77. The molecule has 1 unspecified atom stereocenters. The average molecular weight is 303 g/mol. The minimum absolute atomic E-state index is 0.0346. The van der Waals surface area contributed by atoms with Crippen LogP contribution in [0.5, 0.6) is 0 Å². The SMILES string of the molecule is O=C(CCN1CCC(Br)C1=O)N1CCCCC1. The summed E-state index contributed by atoms with van der Waals surface area (Å²) >= 11 is 3.34. The number of carbonyl (C=O) groups is 2. The third kappa shape index (κ3) is 3.21. The highest BCUT2D eigenvalue weighted by atomic mass is 79.9. The Bertz CT molecular complexity index is 303. The van der Waals surface area contributed by atoms with Gasteiger partial charge in [0.25, 0.3) is 0 Å². The maximum atomic E-state index is 11.9. The van der Waals surface area contributed by atoms with Gasteiger partial charge in [-0.05, 0) is 25.7 Å². The van der Waals surface area contributed by atoms with E-state index >= 15 is 0 Å². The molecule has 2 heterocycles. The molecule has 1 atom stereocenters. The van der Waals surface area contributed by atoms with Crippen LogP contribution in [0.25, 0.3) is 0 Å². The van der Waals surface area contributed by atoms with Gasteiger partial charge >= 0.3 is 0 Å². The van der Waals surface area contributed by atoms with Crippen molar-refractivity contribution < 1.29 is 9.59 Å². The molecule has 0 aromatic rings. The van der Waals surface area contributed by atoms with Crippen LogP contribution in [0.15, 0.2) is 0 Å². The van der Waals surface area contributed by atoms with Crippen molar-refractivity contribution in [3.8, 4) is 0 Å². The highest BCUT2D eigenvalue weighted by Crippen LogP contribution is 2.18. The summed E-state index contributed by atoms with van der Waals surface area (Å²) in [6, 6.07) is 0. The van der Waals surface area contributed by atoms with E-state index in [9.17, 15) is 9.59 Å². The van der Waals surface area contributed by atoms with Crippen LogP contribution < -0.4 is 0 Å². The number of rotatable bonds is 3. The lowest BCUT2D eigenvalue weighted by Crippen LogP contribution is -2.38. The van der Waals surface area contributed by atoms with Gasteiger partial charge in [-0.2, -0.15) is 0 Å². The van der Waals surface area contributed by atoms with Crippen molar-refractivity contribution >= 4 is 27.7 Å². The van der Waals surface area contributed by atoms with Gasteiger partial charge in [-0.25, -0.2) is 0 Å². The Morgan fingerprint density at radius 1 is 1.24 bits per heavy atom. The van der Waals surface area contributed by atoms with Crippen LogP contribution in [0.1, 0.15) is 32.1 Å². The molecule has 2 aliphatic heterocycles. The van der Waals surface area contributed by atoms with Gasteiger partial charge in [0.15, 0.2) is 0 Å². The Hall–Kier alpha value is -0.580. The van der Waals surface area contributed by atoms with E-state index in [4.69, 9.17) is 0 Å². The van der Waals surface area contributed by atoms with Crippen molar-refractivity contribution in [1.29, 1.82) is 0 Å². The smallest absolute Gasteiger partial charge is 0.236 e. The van der Waals surface area contributed by atoms with Crippen molar-refractivity contribution in [3.05, 3.63) is 0 Å². The Balaban J connectivity index is 1.74. The molecule has 17 heavy (non-hydrogen) atoms. The summed E-state index contributed by atoms with van der Waals surface area (Å²) in [7, 11) is 0. The first-order valence-corrected chi connectivity index (χ1v) is 7.30. The quantitative estimate of drug-likeness (QED) is 0.739. The first kappa shape index (κ1) is 12.9. The molecule has 0 saturated carbocycles. The standard InChI is InChI=1S/C12H19BrN2O2/c13-10-4-8-15(12(10)17)9-5-11(16)14-6-2-1-3-7-14/h10H,1-9H2. The molecule has 2 aliphatic rings. The Morgan fingerprint density at radius 2 is 1.94 bits per heavy atom. The predicted octanol–water partition coefficient (Wildman–Crippen LogP) is 1.38. The van der Waals surface area contributed by atoms with Crippen LogP contribution in [-0.2, 0) is 9.59 Å². The van der Waals surface area contributed by atoms with Gasteiger partial charge in [-0.1, -0.05) is 15.9 Å². The molecule has 0 aromatic heterocycles. The molecule has 0 radical (unpaired) electrons. The monoisotopic (exact) mass is 302 g/mol. The Labute approximate surface area is 110 Å². The van der Waals surface area contributed by atoms with E-state index in [2.05, 4.69) is 15.9 Å². The van der Waals surface area contributed by atoms with Gasteiger partial charge in [0.05, 0.1) is 4.83 Å². The molecule has 4 nitrogen and oxygen atoms in total. The van der Waals surface area contributed by atoms with Crippen LogP contribution in [0, 0.1) is 0 Å². The molecule has 96 valence electrons. The van der Waals surface area contributed by atoms with E-state index < -0.39 is 0 Å². The van der Waals surface area contributed by atoms with Crippen molar-refractivity contribution in [2.75, 3.05) is 26.2 Å². The predicted molar refractivity (Wildman–Crippen MR) is 69.0 cm³/mol. The molecule has 0 aliphatic carbocycles. The van der Waals surface area contributed by atoms with Crippen LogP contribution in [0.3, 0.4) is 0 Å². The van der Waals surface area contributed by atoms with Gasteiger partial charge in [-0.15, -0.1) is 0 Å². The van der Waals surface area contributed by atoms with Crippen LogP contribution >= 0.6 is 15.9 Å². The minimum atomic E-state index is -0.0346. The van der Waals surface area contributed by atoms with E-state index in [-0.39, 0.29) is 16.6 Å². The number of halogens is 1. The molecule has 0 N–H and O–H groups in total. The maximum absolute atomic E-state index is 11.9. The van der Waals surface area contributed by atoms with E-state index in [1.807, 2.05) is 4.90 Å². The van der Waals surface area contributed by atoms with Crippen molar-refractivity contribution in [2.45, 2.75) is 36.9 Å². The molecule has 2 rings (SSSR count). The second kappa shape index (κ2) is 5.85. The van der Waals surface area contributed by atoms with Crippen LogP contribution in [0.2, 0.25) is 0 Å².